The van der Waals surface area contributed by atoms with Crippen LogP contribution in [0.2, 0.25) is 0 Å². The number of hydrogen-bond donors (Lipinski definition) is 1. The monoisotopic (exact) mass is 305 g/mol. The number of aryl methyl sites for hydroxylation is 1. The molecule has 23 heavy (non-hydrogen) atoms. The Labute approximate surface area is 133 Å². The van der Waals surface area contributed by atoms with E-state index >= 15 is 0 Å². The predicted molar refractivity (Wildman–Crippen MR) is 88.7 cm³/mol. The van der Waals surface area contributed by atoms with Gasteiger partial charge in [-0.2, -0.15) is 0 Å². The van der Waals surface area contributed by atoms with Crippen molar-refractivity contribution in [1.82, 2.24) is 0 Å². The van der Waals surface area contributed by atoms with Crippen molar-refractivity contribution in [2.75, 3.05) is 5.32 Å². The van der Waals surface area contributed by atoms with Crippen molar-refractivity contribution in [3.8, 4) is 11.3 Å². The number of carbonyl (C=O) groups excluding carboxylic acids is 2. The Hall–Kier alpha value is -3.14. The molecule has 0 bridgehead atoms. The molecule has 0 fully saturated rings. The minimum atomic E-state index is -0.196. The van der Waals surface area contributed by atoms with Gasteiger partial charge in [0, 0.05) is 16.8 Å². The quantitative estimate of drug-likeness (QED) is 0.730. The van der Waals surface area contributed by atoms with Crippen molar-refractivity contribution < 1.29 is 14.0 Å². The van der Waals surface area contributed by atoms with Crippen LogP contribution in [0.15, 0.2) is 65.1 Å². The fraction of sp³-hybridized carbons (Fsp3) is 0.0526. The fourth-order valence-corrected chi connectivity index (χ4v) is 2.23. The molecule has 0 aliphatic heterocycles. The molecular weight excluding hydrogens is 290 g/mol. The molecule has 3 aromatic rings. The Kier molecular flexibility index (Phi) is 4.06. The first-order valence-electron chi connectivity index (χ1n) is 7.19. The van der Waals surface area contributed by atoms with Crippen molar-refractivity contribution >= 4 is 17.9 Å². The minimum absolute atomic E-state index is 0.196. The summed E-state index contributed by atoms with van der Waals surface area (Å²) in [5, 5.41) is 2.85. The summed E-state index contributed by atoms with van der Waals surface area (Å²) in [5.41, 5.74) is 3.14. The molecule has 2 aromatic carbocycles. The molecule has 0 aliphatic carbocycles. The summed E-state index contributed by atoms with van der Waals surface area (Å²) in [6.07, 6.45) is 0.650. The van der Waals surface area contributed by atoms with Crippen molar-refractivity contribution in [1.29, 1.82) is 0 Å². The zero-order valence-corrected chi connectivity index (χ0v) is 12.6. The second-order valence-corrected chi connectivity index (χ2v) is 5.22. The van der Waals surface area contributed by atoms with Crippen LogP contribution in [0.4, 0.5) is 5.69 Å². The number of benzene rings is 2. The Morgan fingerprint density at radius 1 is 1.04 bits per heavy atom. The standard InChI is InChI=1S/C19H15NO3/c1-13-5-7-16(8-6-13)20-19(22)15-4-2-3-14(11-15)18-10-9-17(12-21)23-18/h2-12H,1H3,(H,20,22). The highest BCUT2D eigenvalue weighted by Crippen LogP contribution is 2.23. The second-order valence-electron chi connectivity index (χ2n) is 5.22. The maximum absolute atomic E-state index is 12.3. The van der Waals surface area contributed by atoms with Gasteiger partial charge in [0.25, 0.3) is 5.91 Å². The van der Waals surface area contributed by atoms with Gasteiger partial charge in [-0.3, -0.25) is 9.59 Å². The largest absolute Gasteiger partial charge is 0.453 e. The Bertz CT molecular complexity index is 847. The van der Waals surface area contributed by atoms with E-state index in [1.165, 1.54) is 0 Å². The number of rotatable bonds is 4. The molecule has 0 unspecified atom stereocenters. The third-order valence-corrected chi connectivity index (χ3v) is 3.46. The van der Waals surface area contributed by atoms with Crippen LogP contribution in [0.5, 0.6) is 0 Å². The van der Waals surface area contributed by atoms with Crippen molar-refractivity contribution in [3.05, 3.63) is 77.6 Å². The predicted octanol–water partition coefficient (Wildman–Crippen LogP) is 4.32. The Balaban J connectivity index is 1.82. The van der Waals surface area contributed by atoms with Crippen molar-refractivity contribution in [2.24, 2.45) is 0 Å². The molecule has 0 aliphatic rings. The van der Waals surface area contributed by atoms with Gasteiger partial charge in [0.1, 0.15) is 5.76 Å². The molecule has 4 nitrogen and oxygen atoms in total. The van der Waals surface area contributed by atoms with Crippen LogP contribution in [-0.2, 0) is 0 Å². The SMILES string of the molecule is Cc1ccc(NC(=O)c2cccc(-c3ccc(C=O)o3)c2)cc1. The van der Waals surface area contributed by atoms with E-state index in [0.29, 0.717) is 17.6 Å². The summed E-state index contributed by atoms with van der Waals surface area (Å²) < 4.78 is 5.39. The summed E-state index contributed by atoms with van der Waals surface area (Å²) in [5.74, 6) is 0.615. The molecule has 1 aromatic heterocycles. The first kappa shape index (κ1) is 14.8. The molecule has 114 valence electrons. The molecule has 1 amide bonds. The van der Waals surface area contributed by atoms with Gasteiger partial charge in [-0.1, -0.05) is 29.8 Å². The Morgan fingerprint density at radius 3 is 2.52 bits per heavy atom. The maximum Gasteiger partial charge on any atom is 0.255 e. The van der Waals surface area contributed by atoms with Gasteiger partial charge in [0.05, 0.1) is 0 Å². The highest BCUT2D eigenvalue weighted by molar-refractivity contribution is 6.04. The lowest BCUT2D eigenvalue weighted by molar-refractivity contribution is 0.102. The summed E-state index contributed by atoms with van der Waals surface area (Å²) in [4.78, 5) is 23.0. The molecular formula is C19H15NO3. The molecule has 0 spiro atoms. The normalized spacial score (nSPS) is 10.3. The van der Waals surface area contributed by atoms with E-state index in [4.69, 9.17) is 4.42 Å². The average molecular weight is 305 g/mol. The molecule has 0 atom stereocenters. The number of aldehydes is 1. The maximum atomic E-state index is 12.3. The van der Waals surface area contributed by atoms with Crippen molar-refractivity contribution in [2.45, 2.75) is 6.92 Å². The van der Waals surface area contributed by atoms with E-state index in [9.17, 15) is 9.59 Å². The van der Waals surface area contributed by atoms with E-state index in [1.807, 2.05) is 37.3 Å². The van der Waals surface area contributed by atoms with Crippen LogP contribution < -0.4 is 5.32 Å². The molecule has 4 heteroatoms. The summed E-state index contributed by atoms with van der Waals surface area (Å²) in [6, 6.07) is 18.0. The molecule has 0 radical (unpaired) electrons. The lowest BCUT2D eigenvalue weighted by Gasteiger charge is -2.06. The van der Waals surface area contributed by atoms with Gasteiger partial charge >= 0.3 is 0 Å². The van der Waals surface area contributed by atoms with Crippen LogP contribution in [0.3, 0.4) is 0 Å². The number of carbonyl (C=O) groups is 2. The molecule has 1 heterocycles. The lowest BCUT2D eigenvalue weighted by atomic mass is 10.1. The van der Waals surface area contributed by atoms with E-state index < -0.39 is 0 Å². The topological polar surface area (TPSA) is 59.3 Å². The van der Waals surface area contributed by atoms with E-state index in [0.717, 1.165) is 16.8 Å². The fourth-order valence-electron chi connectivity index (χ4n) is 2.23. The summed E-state index contributed by atoms with van der Waals surface area (Å²) in [7, 11) is 0. The molecule has 3 rings (SSSR count). The van der Waals surface area contributed by atoms with E-state index in [2.05, 4.69) is 5.32 Å². The first-order chi connectivity index (χ1) is 11.2. The van der Waals surface area contributed by atoms with Gasteiger partial charge in [-0.25, -0.2) is 0 Å². The van der Waals surface area contributed by atoms with Crippen LogP contribution in [0, 0.1) is 6.92 Å². The number of anilines is 1. The van der Waals surface area contributed by atoms with E-state index in [-0.39, 0.29) is 11.7 Å². The van der Waals surface area contributed by atoms with Gasteiger partial charge in [0.15, 0.2) is 12.0 Å². The van der Waals surface area contributed by atoms with Crippen LogP contribution in [-0.4, -0.2) is 12.2 Å². The van der Waals surface area contributed by atoms with Gasteiger partial charge < -0.3 is 9.73 Å². The summed E-state index contributed by atoms with van der Waals surface area (Å²) in [6.45, 7) is 1.99. The first-order valence-corrected chi connectivity index (χ1v) is 7.19. The third-order valence-electron chi connectivity index (χ3n) is 3.46. The van der Waals surface area contributed by atoms with Crippen LogP contribution >= 0.6 is 0 Å². The highest BCUT2D eigenvalue weighted by atomic mass is 16.3. The Morgan fingerprint density at radius 2 is 1.83 bits per heavy atom. The number of amides is 1. The smallest absolute Gasteiger partial charge is 0.255 e. The van der Waals surface area contributed by atoms with Gasteiger partial charge in [0.2, 0.25) is 0 Å². The van der Waals surface area contributed by atoms with Crippen LogP contribution in [0.25, 0.3) is 11.3 Å². The minimum Gasteiger partial charge on any atom is -0.453 e. The van der Waals surface area contributed by atoms with Crippen molar-refractivity contribution in [3.63, 3.8) is 0 Å². The third kappa shape index (κ3) is 3.37. The number of hydrogen-bond acceptors (Lipinski definition) is 3. The zero-order valence-electron chi connectivity index (χ0n) is 12.6. The van der Waals surface area contributed by atoms with Gasteiger partial charge in [-0.15, -0.1) is 0 Å². The zero-order chi connectivity index (χ0) is 16.2. The van der Waals surface area contributed by atoms with Crippen LogP contribution in [0.1, 0.15) is 26.5 Å². The summed E-state index contributed by atoms with van der Waals surface area (Å²) >= 11 is 0. The lowest BCUT2D eigenvalue weighted by Crippen LogP contribution is -2.11. The van der Waals surface area contributed by atoms with Gasteiger partial charge in [-0.05, 0) is 43.3 Å². The van der Waals surface area contributed by atoms with E-state index in [1.54, 1.807) is 30.3 Å². The number of furan rings is 1. The second kappa shape index (κ2) is 6.32. The molecule has 0 saturated heterocycles. The highest BCUT2D eigenvalue weighted by Gasteiger charge is 2.10. The number of nitrogens with one attached hydrogen (secondary N) is 1. The molecule has 1 N–H and O–H groups in total. The molecule has 0 saturated carbocycles. The average Bonchev–Trinajstić information content (AvgIpc) is 3.06.